The van der Waals surface area contributed by atoms with Crippen molar-refractivity contribution in [2.24, 2.45) is 0 Å². The van der Waals surface area contributed by atoms with E-state index in [0.717, 1.165) is 17.4 Å². The molecule has 0 spiro atoms. The fourth-order valence-corrected chi connectivity index (χ4v) is 2.34. The Hall–Kier alpha value is -2.61. The van der Waals surface area contributed by atoms with Gasteiger partial charge in [0.2, 0.25) is 0 Å². The Labute approximate surface area is 117 Å². The van der Waals surface area contributed by atoms with Gasteiger partial charge in [0.1, 0.15) is 12.0 Å². The molecule has 0 aliphatic heterocycles. The van der Waals surface area contributed by atoms with E-state index in [4.69, 9.17) is 4.74 Å². The summed E-state index contributed by atoms with van der Waals surface area (Å²) in [5.41, 5.74) is 2.68. The molecule has 0 aromatic heterocycles. The van der Waals surface area contributed by atoms with E-state index in [2.05, 4.69) is 30.3 Å². The van der Waals surface area contributed by atoms with Gasteiger partial charge in [0, 0.05) is 5.56 Å². The first-order chi connectivity index (χ1) is 9.80. The number of benzene rings is 3. The highest BCUT2D eigenvalue weighted by Crippen LogP contribution is 2.28. The van der Waals surface area contributed by atoms with Gasteiger partial charge in [-0.15, -0.1) is 0 Å². The van der Waals surface area contributed by atoms with Crippen molar-refractivity contribution in [2.45, 2.75) is 0 Å². The predicted octanol–water partition coefficient (Wildman–Crippen LogP) is 4.33. The standard InChI is InChI=1S/C18H14O2/c1-20-18-9-13(12-19)8-17(11-18)16-7-6-14-4-2-3-5-15(14)10-16/h2-12H,1H3. The van der Waals surface area contributed by atoms with Crippen LogP contribution in [0, 0.1) is 0 Å². The molecule has 0 unspecified atom stereocenters. The van der Waals surface area contributed by atoms with E-state index in [1.54, 1.807) is 13.2 Å². The molecule has 0 radical (unpaired) electrons. The fourth-order valence-electron chi connectivity index (χ4n) is 2.34. The van der Waals surface area contributed by atoms with Crippen LogP contribution in [0.4, 0.5) is 0 Å². The number of methoxy groups -OCH3 is 1. The molecule has 3 rings (SSSR count). The number of carbonyl (C=O) groups is 1. The van der Waals surface area contributed by atoms with Crippen LogP contribution in [0.1, 0.15) is 10.4 Å². The van der Waals surface area contributed by atoms with Gasteiger partial charge in [0.15, 0.2) is 0 Å². The average molecular weight is 262 g/mol. The van der Waals surface area contributed by atoms with Gasteiger partial charge in [-0.1, -0.05) is 36.4 Å². The molecule has 20 heavy (non-hydrogen) atoms. The Kier molecular flexibility index (Phi) is 3.21. The molecule has 0 amide bonds. The number of hydrogen-bond donors (Lipinski definition) is 0. The van der Waals surface area contributed by atoms with Crippen LogP contribution in [0.25, 0.3) is 21.9 Å². The SMILES string of the molecule is COc1cc(C=O)cc(-c2ccc3ccccc3c2)c1. The monoisotopic (exact) mass is 262 g/mol. The minimum Gasteiger partial charge on any atom is -0.497 e. The smallest absolute Gasteiger partial charge is 0.150 e. The zero-order valence-electron chi connectivity index (χ0n) is 11.2. The Balaban J connectivity index is 2.16. The summed E-state index contributed by atoms with van der Waals surface area (Å²) in [4.78, 5) is 11.0. The summed E-state index contributed by atoms with van der Waals surface area (Å²) in [5.74, 6) is 0.692. The molecule has 98 valence electrons. The van der Waals surface area contributed by atoms with Crippen molar-refractivity contribution >= 4 is 17.1 Å². The second-order valence-corrected chi connectivity index (χ2v) is 4.67. The summed E-state index contributed by atoms with van der Waals surface area (Å²) in [6.07, 6.45) is 0.840. The number of hydrogen-bond acceptors (Lipinski definition) is 2. The van der Waals surface area contributed by atoms with Gasteiger partial charge >= 0.3 is 0 Å². The van der Waals surface area contributed by atoms with Crippen molar-refractivity contribution in [1.82, 2.24) is 0 Å². The number of rotatable bonds is 3. The molecule has 0 atom stereocenters. The Morgan fingerprint density at radius 2 is 1.65 bits per heavy atom. The van der Waals surface area contributed by atoms with Gasteiger partial charge in [0.05, 0.1) is 7.11 Å². The molecule has 0 N–H and O–H groups in total. The highest BCUT2D eigenvalue weighted by Gasteiger charge is 2.04. The third-order valence-corrected chi connectivity index (χ3v) is 3.38. The van der Waals surface area contributed by atoms with Crippen LogP contribution in [0.3, 0.4) is 0 Å². The van der Waals surface area contributed by atoms with Gasteiger partial charge in [-0.3, -0.25) is 4.79 Å². The van der Waals surface area contributed by atoms with Crippen LogP contribution < -0.4 is 4.74 Å². The van der Waals surface area contributed by atoms with E-state index in [-0.39, 0.29) is 0 Å². The summed E-state index contributed by atoms with van der Waals surface area (Å²) in [5, 5.41) is 2.38. The van der Waals surface area contributed by atoms with Crippen LogP contribution in [0.2, 0.25) is 0 Å². The van der Waals surface area contributed by atoms with Gasteiger partial charge in [-0.2, -0.15) is 0 Å². The van der Waals surface area contributed by atoms with E-state index in [1.807, 2.05) is 24.3 Å². The van der Waals surface area contributed by atoms with E-state index in [9.17, 15) is 4.79 Å². The van der Waals surface area contributed by atoms with Gasteiger partial charge in [0.25, 0.3) is 0 Å². The van der Waals surface area contributed by atoms with Crippen molar-refractivity contribution in [3.05, 3.63) is 66.2 Å². The summed E-state index contributed by atoms with van der Waals surface area (Å²) in [6, 6.07) is 20.0. The molecule has 2 nitrogen and oxygen atoms in total. The first kappa shape index (κ1) is 12.4. The molecule has 0 saturated carbocycles. The first-order valence-electron chi connectivity index (χ1n) is 6.43. The van der Waals surface area contributed by atoms with Crippen LogP contribution in [0.5, 0.6) is 5.75 Å². The quantitative estimate of drug-likeness (QED) is 0.657. The third kappa shape index (κ3) is 2.28. The zero-order valence-corrected chi connectivity index (χ0v) is 11.2. The van der Waals surface area contributed by atoms with E-state index < -0.39 is 0 Å². The van der Waals surface area contributed by atoms with Crippen molar-refractivity contribution < 1.29 is 9.53 Å². The van der Waals surface area contributed by atoms with Gasteiger partial charge < -0.3 is 4.74 Å². The number of aldehydes is 1. The van der Waals surface area contributed by atoms with Gasteiger partial charge in [-0.05, 0) is 46.2 Å². The lowest BCUT2D eigenvalue weighted by Crippen LogP contribution is -1.88. The maximum absolute atomic E-state index is 11.0. The molecule has 3 aromatic carbocycles. The molecule has 0 heterocycles. The fraction of sp³-hybridized carbons (Fsp3) is 0.0556. The van der Waals surface area contributed by atoms with Crippen LogP contribution in [0.15, 0.2) is 60.7 Å². The largest absolute Gasteiger partial charge is 0.497 e. The summed E-state index contributed by atoms with van der Waals surface area (Å²) < 4.78 is 5.25. The van der Waals surface area contributed by atoms with Crippen LogP contribution in [-0.4, -0.2) is 13.4 Å². The first-order valence-corrected chi connectivity index (χ1v) is 6.43. The van der Waals surface area contributed by atoms with E-state index >= 15 is 0 Å². The van der Waals surface area contributed by atoms with E-state index in [1.165, 1.54) is 10.8 Å². The number of carbonyl (C=O) groups excluding carboxylic acids is 1. The zero-order chi connectivity index (χ0) is 13.9. The molecule has 0 aliphatic carbocycles. The second kappa shape index (κ2) is 5.17. The minimum atomic E-state index is 0.618. The average Bonchev–Trinajstić information content (AvgIpc) is 2.53. The Morgan fingerprint density at radius 3 is 2.40 bits per heavy atom. The summed E-state index contributed by atoms with van der Waals surface area (Å²) in [7, 11) is 1.61. The second-order valence-electron chi connectivity index (χ2n) is 4.67. The Morgan fingerprint density at radius 1 is 0.850 bits per heavy atom. The van der Waals surface area contributed by atoms with Crippen LogP contribution in [-0.2, 0) is 0 Å². The molecular weight excluding hydrogens is 248 g/mol. The molecule has 0 bridgehead atoms. The molecule has 0 saturated heterocycles. The number of fused-ring (bicyclic) bond motifs is 1. The van der Waals surface area contributed by atoms with Crippen LogP contribution >= 0.6 is 0 Å². The highest BCUT2D eigenvalue weighted by atomic mass is 16.5. The van der Waals surface area contributed by atoms with E-state index in [0.29, 0.717) is 11.3 Å². The highest BCUT2D eigenvalue weighted by molar-refractivity contribution is 5.88. The lowest BCUT2D eigenvalue weighted by atomic mass is 9.99. The molecule has 2 heteroatoms. The normalized spacial score (nSPS) is 10.4. The lowest BCUT2D eigenvalue weighted by molar-refractivity contribution is 0.112. The summed E-state index contributed by atoms with van der Waals surface area (Å²) >= 11 is 0. The van der Waals surface area contributed by atoms with Crippen molar-refractivity contribution in [1.29, 1.82) is 0 Å². The maximum Gasteiger partial charge on any atom is 0.150 e. The van der Waals surface area contributed by atoms with Gasteiger partial charge in [-0.25, -0.2) is 0 Å². The van der Waals surface area contributed by atoms with Crippen molar-refractivity contribution in [3.8, 4) is 16.9 Å². The number of ether oxygens (including phenoxy) is 1. The Bertz CT molecular complexity index is 775. The molecule has 0 fully saturated rings. The predicted molar refractivity (Wildman–Crippen MR) is 81.3 cm³/mol. The lowest BCUT2D eigenvalue weighted by Gasteiger charge is -2.08. The topological polar surface area (TPSA) is 26.3 Å². The third-order valence-electron chi connectivity index (χ3n) is 3.38. The molecule has 3 aromatic rings. The van der Waals surface area contributed by atoms with Crippen molar-refractivity contribution in [2.75, 3.05) is 7.11 Å². The minimum absolute atomic E-state index is 0.618. The maximum atomic E-state index is 11.0. The molecular formula is C18H14O2. The van der Waals surface area contributed by atoms with Crippen molar-refractivity contribution in [3.63, 3.8) is 0 Å². The summed E-state index contributed by atoms with van der Waals surface area (Å²) in [6.45, 7) is 0. The molecule has 0 aliphatic rings.